The van der Waals surface area contributed by atoms with Crippen LogP contribution in [0, 0.1) is 0 Å². The number of hydrogen-bond acceptors (Lipinski definition) is 3. The molecule has 2 aromatic carbocycles. The van der Waals surface area contributed by atoms with Crippen molar-refractivity contribution in [3.05, 3.63) is 70.3 Å². The van der Waals surface area contributed by atoms with Gasteiger partial charge in [0.1, 0.15) is 0 Å². The van der Waals surface area contributed by atoms with Gasteiger partial charge in [-0.3, -0.25) is 14.2 Å². The molecule has 1 amide bonds. The molecule has 0 bridgehead atoms. The number of nitrogens with one attached hydrogen (secondary N) is 1. The minimum atomic E-state index is -0.111. The predicted molar refractivity (Wildman–Crippen MR) is 102 cm³/mol. The van der Waals surface area contributed by atoms with Crippen LogP contribution in [0.2, 0.25) is 0 Å². The van der Waals surface area contributed by atoms with Gasteiger partial charge in [0.05, 0.1) is 17.2 Å². The van der Waals surface area contributed by atoms with E-state index in [1.807, 2.05) is 30.3 Å². The first-order chi connectivity index (χ1) is 12.7. The maximum Gasteiger partial charge on any atom is 0.261 e. The lowest BCUT2D eigenvalue weighted by Gasteiger charge is -2.19. The molecule has 0 aliphatic heterocycles. The van der Waals surface area contributed by atoms with Gasteiger partial charge in [-0.25, -0.2) is 4.98 Å². The number of nitrogens with zero attached hydrogens (tertiary/aromatic N) is 2. The van der Waals surface area contributed by atoms with Crippen LogP contribution in [0.3, 0.4) is 0 Å². The number of para-hydroxylation sites is 1. The zero-order valence-electron chi connectivity index (χ0n) is 14.6. The lowest BCUT2D eigenvalue weighted by atomic mass is 9.90. The summed E-state index contributed by atoms with van der Waals surface area (Å²) < 4.78 is 1.50. The van der Waals surface area contributed by atoms with Crippen LogP contribution in [0.4, 0.5) is 5.69 Å². The molecule has 0 radical (unpaired) electrons. The average molecular weight is 347 g/mol. The van der Waals surface area contributed by atoms with E-state index in [4.69, 9.17) is 0 Å². The fourth-order valence-corrected chi connectivity index (χ4v) is 3.60. The molecule has 1 N–H and O–H groups in total. The first-order valence-corrected chi connectivity index (χ1v) is 9.07. The molecule has 26 heavy (non-hydrogen) atoms. The second-order valence-corrected chi connectivity index (χ2v) is 6.71. The number of amides is 1. The Kier molecular flexibility index (Phi) is 4.52. The number of aryl methyl sites for hydroxylation is 2. The largest absolute Gasteiger partial charge is 0.326 e. The van der Waals surface area contributed by atoms with Crippen molar-refractivity contribution in [2.24, 2.45) is 0 Å². The fourth-order valence-electron chi connectivity index (χ4n) is 3.60. The van der Waals surface area contributed by atoms with E-state index in [0.717, 1.165) is 24.9 Å². The molecule has 5 nitrogen and oxygen atoms in total. The van der Waals surface area contributed by atoms with Crippen LogP contribution in [0.15, 0.2) is 53.6 Å². The Morgan fingerprint density at radius 1 is 1.08 bits per heavy atom. The van der Waals surface area contributed by atoms with Crippen LogP contribution >= 0.6 is 0 Å². The minimum absolute atomic E-state index is 0.0796. The lowest BCUT2D eigenvalue weighted by Crippen LogP contribution is -2.24. The molecule has 3 aromatic rings. The summed E-state index contributed by atoms with van der Waals surface area (Å²) in [6.07, 6.45) is 6.23. The summed E-state index contributed by atoms with van der Waals surface area (Å²) in [7, 11) is 0. The Bertz CT molecular complexity index is 1020. The highest BCUT2D eigenvalue weighted by molar-refractivity contribution is 5.91. The molecule has 1 aliphatic carbocycles. The Balaban J connectivity index is 1.47. The van der Waals surface area contributed by atoms with Gasteiger partial charge < -0.3 is 5.32 Å². The van der Waals surface area contributed by atoms with Crippen LogP contribution in [-0.2, 0) is 24.2 Å². The highest BCUT2D eigenvalue weighted by Gasteiger charge is 2.14. The molecular formula is C21H21N3O2. The van der Waals surface area contributed by atoms with E-state index < -0.39 is 0 Å². The van der Waals surface area contributed by atoms with E-state index in [9.17, 15) is 9.59 Å². The molecule has 5 heteroatoms. The van der Waals surface area contributed by atoms with Gasteiger partial charge in [-0.1, -0.05) is 24.3 Å². The van der Waals surface area contributed by atoms with Crippen LogP contribution < -0.4 is 10.9 Å². The summed E-state index contributed by atoms with van der Waals surface area (Å²) in [5.74, 6) is -0.0796. The van der Waals surface area contributed by atoms with E-state index >= 15 is 0 Å². The summed E-state index contributed by atoms with van der Waals surface area (Å²) in [6, 6.07) is 13.4. The van der Waals surface area contributed by atoms with Crippen LogP contribution in [0.5, 0.6) is 0 Å². The summed E-state index contributed by atoms with van der Waals surface area (Å²) in [5.41, 5.74) is 4.08. The van der Waals surface area contributed by atoms with Gasteiger partial charge >= 0.3 is 0 Å². The normalized spacial score (nSPS) is 13.4. The van der Waals surface area contributed by atoms with E-state index in [-0.39, 0.29) is 17.9 Å². The van der Waals surface area contributed by atoms with Gasteiger partial charge in [-0.15, -0.1) is 0 Å². The Labute approximate surface area is 151 Å². The second-order valence-electron chi connectivity index (χ2n) is 6.71. The molecule has 0 spiro atoms. The number of benzene rings is 2. The van der Waals surface area contributed by atoms with Crippen molar-refractivity contribution in [1.82, 2.24) is 9.55 Å². The summed E-state index contributed by atoms with van der Waals surface area (Å²) in [4.78, 5) is 29.2. The summed E-state index contributed by atoms with van der Waals surface area (Å²) >= 11 is 0. The van der Waals surface area contributed by atoms with Gasteiger partial charge in [-0.2, -0.15) is 0 Å². The number of fused-ring (bicyclic) bond motifs is 2. The quantitative estimate of drug-likeness (QED) is 0.787. The highest BCUT2D eigenvalue weighted by Crippen LogP contribution is 2.27. The van der Waals surface area contributed by atoms with Crippen molar-refractivity contribution >= 4 is 22.5 Å². The third-order valence-electron chi connectivity index (χ3n) is 4.98. The third kappa shape index (κ3) is 3.25. The minimum Gasteiger partial charge on any atom is -0.326 e. The van der Waals surface area contributed by atoms with Crippen LogP contribution in [-0.4, -0.2) is 15.5 Å². The van der Waals surface area contributed by atoms with Crippen molar-refractivity contribution in [2.45, 2.75) is 38.6 Å². The van der Waals surface area contributed by atoms with Crippen molar-refractivity contribution in [1.29, 1.82) is 0 Å². The first-order valence-electron chi connectivity index (χ1n) is 9.07. The molecule has 0 fully saturated rings. The standard InChI is InChI=1S/C21H21N3O2/c25-20(23-19-11-5-7-15-6-1-2-8-16(15)19)12-13-24-14-22-18-10-4-3-9-17(18)21(24)26/h3-5,7,9-11,14H,1-2,6,8,12-13H2,(H,23,25). The first kappa shape index (κ1) is 16.5. The molecule has 1 heterocycles. The molecule has 0 saturated carbocycles. The summed E-state index contributed by atoms with van der Waals surface area (Å²) in [6.45, 7) is 0.317. The highest BCUT2D eigenvalue weighted by atomic mass is 16.2. The Morgan fingerprint density at radius 3 is 2.85 bits per heavy atom. The van der Waals surface area contributed by atoms with Gasteiger partial charge in [0.15, 0.2) is 0 Å². The number of anilines is 1. The number of carbonyl (C=O) groups excluding carboxylic acids is 1. The zero-order valence-corrected chi connectivity index (χ0v) is 14.6. The Morgan fingerprint density at radius 2 is 1.92 bits per heavy atom. The van der Waals surface area contributed by atoms with E-state index in [1.165, 1.54) is 28.4 Å². The average Bonchev–Trinajstić information content (AvgIpc) is 2.68. The summed E-state index contributed by atoms with van der Waals surface area (Å²) in [5, 5.41) is 3.60. The fraction of sp³-hybridized carbons (Fsp3) is 0.286. The number of aromatic nitrogens is 2. The van der Waals surface area contributed by atoms with Crippen molar-refractivity contribution in [3.63, 3.8) is 0 Å². The monoisotopic (exact) mass is 347 g/mol. The maximum atomic E-state index is 12.5. The second kappa shape index (κ2) is 7.12. The van der Waals surface area contributed by atoms with Gasteiger partial charge in [0.2, 0.25) is 5.91 Å². The van der Waals surface area contributed by atoms with Crippen molar-refractivity contribution < 1.29 is 4.79 Å². The van der Waals surface area contributed by atoms with Crippen molar-refractivity contribution in [3.8, 4) is 0 Å². The zero-order chi connectivity index (χ0) is 17.9. The molecule has 1 aliphatic rings. The van der Waals surface area contributed by atoms with Gasteiger partial charge in [-0.05, 0) is 55.0 Å². The van der Waals surface area contributed by atoms with E-state index in [0.29, 0.717) is 17.4 Å². The number of hydrogen-bond donors (Lipinski definition) is 1. The Hall–Kier alpha value is -2.95. The van der Waals surface area contributed by atoms with Gasteiger partial charge in [0.25, 0.3) is 5.56 Å². The van der Waals surface area contributed by atoms with Crippen LogP contribution in [0.25, 0.3) is 10.9 Å². The molecule has 132 valence electrons. The lowest BCUT2D eigenvalue weighted by molar-refractivity contribution is -0.116. The van der Waals surface area contributed by atoms with E-state index in [2.05, 4.69) is 16.4 Å². The molecule has 0 atom stereocenters. The third-order valence-corrected chi connectivity index (χ3v) is 4.98. The molecule has 1 aromatic heterocycles. The molecular weight excluding hydrogens is 326 g/mol. The molecule has 0 saturated heterocycles. The van der Waals surface area contributed by atoms with Gasteiger partial charge in [0, 0.05) is 18.7 Å². The smallest absolute Gasteiger partial charge is 0.261 e. The predicted octanol–water partition coefficient (Wildman–Crippen LogP) is 3.30. The van der Waals surface area contributed by atoms with Crippen molar-refractivity contribution in [2.75, 3.05) is 5.32 Å². The number of carbonyl (C=O) groups is 1. The SMILES string of the molecule is O=C(CCn1cnc2ccccc2c1=O)Nc1cccc2c1CCCC2. The van der Waals surface area contributed by atoms with E-state index in [1.54, 1.807) is 6.07 Å². The maximum absolute atomic E-state index is 12.5. The molecule has 4 rings (SSSR count). The van der Waals surface area contributed by atoms with Crippen LogP contribution in [0.1, 0.15) is 30.4 Å². The number of rotatable bonds is 4. The molecule has 0 unspecified atom stereocenters. The topological polar surface area (TPSA) is 64.0 Å².